The third kappa shape index (κ3) is 4.18. The third-order valence-corrected chi connectivity index (χ3v) is 3.11. The topological polar surface area (TPSA) is 73.3 Å². The molecule has 0 aliphatic carbocycles. The van der Waals surface area contributed by atoms with Gasteiger partial charge in [0.1, 0.15) is 17.4 Å². The van der Waals surface area contributed by atoms with Crippen LogP contribution in [0.5, 0.6) is 5.75 Å². The van der Waals surface area contributed by atoms with Crippen LogP contribution in [-0.4, -0.2) is 36.7 Å². The van der Waals surface area contributed by atoms with Crippen molar-refractivity contribution in [1.29, 1.82) is 0 Å². The summed E-state index contributed by atoms with van der Waals surface area (Å²) in [6.45, 7) is 2.44. The molecule has 0 spiro atoms. The highest BCUT2D eigenvalue weighted by molar-refractivity contribution is 5.87. The van der Waals surface area contributed by atoms with Crippen molar-refractivity contribution < 1.29 is 14.3 Å². The number of nitrogens with one attached hydrogen (secondary N) is 1. The first-order valence-electron chi connectivity index (χ1n) is 6.93. The number of anilines is 1. The molecule has 0 saturated carbocycles. The zero-order chi connectivity index (χ0) is 15.9. The van der Waals surface area contributed by atoms with E-state index in [0.29, 0.717) is 18.2 Å². The number of rotatable bonds is 6. The summed E-state index contributed by atoms with van der Waals surface area (Å²) in [6.07, 6.45) is 0.834. The van der Waals surface area contributed by atoms with Crippen molar-refractivity contribution in [1.82, 2.24) is 9.97 Å². The lowest BCUT2D eigenvalue weighted by molar-refractivity contribution is 0.0593. The summed E-state index contributed by atoms with van der Waals surface area (Å²) in [5.74, 6) is 1.51. The molecule has 22 heavy (non-hydrogen) atoms. The van der Waals surface area contributed by atoms with Crippen LogP contribution in [-0.2, 0) is 11.2 Å². The molecule has 6 heteroatoms. The van der Waals surface area contributed by atoms with E-state index in [4.69, 9.17) is 4.74 Å². The van der Waals surface area contributed by atoms with Gasteiger partial charge in [-0.1, -0.05) is 12.1 Å². The standard InChI is InChI=1S/C16H19N3O3/c1-11-18-14(16(20)22-3)10-15(19-11)17-9-8-12-4-6-13(21-2)7-5-12/h4-7,10H,8-9H2,1-3H3,(H,17,18,19). The number of esters is 1. The molecule has 2 aromatic rings. The molecule has 1 heterocycles. The van der Waals surface area contributed by atoms with Crippen LogP contribution in [0.1, 0.15) is 21.9 Å². The maximum absolute atomic E-state index is 11.5. The Kier molecular flexibility index (Phi) is 5.30. The van der Waals surface area contributed by atoms with Gasteiger partial charge in [-0.05, 0) is 31.0 Å². The van der Waals surface area contributed by atoms with Crippen molar-refractivity contribution in [2.45, 2.75) is 13.3 Å². The molecule has 116 valence electrons. The number of aromatic nitrogens is 2. The Labute approximate surface area is 129 Å². The Morgan fingerprint density at radius 1 is 1.18 bits per heavy atom. The van der Waals surface area contributed by atoms with E-state index in [1.165, 1.54) is 12.7 Å². The van der Waals surface area contributed by atoms with Crippen molar-refractivity contribution in [2.75, 3.05) is 26.1 Å². The van der Waals surface area contributed by atoms with Gasteiger partial charge in [0.05, 0.1) is 14.2 Å². The minimum atomic E-state index is -0.469. The van der Waals surface area contributed by atoms with E-state index in [9.17, 15) is 4.79 Å². The van der Waals surface area contributed by atoms with Crippen LogP contribution in [0.15, 0.2) is 30.3 Å². The van der Waals surface area contributed by atoms with Gasteiger partial charge in [0.15, 0.2) is 5.69 Å². The largest absolute Gasteiger partial charge is 0.497 e. The number of carbonyl (C=O) groups excluding carboxylic acids is 1. The second-order valence-corrected chi connectivity index (χ2v) is 4.70. The van der Waals surface area contributed by atoms with Gasteiger partial charge < -0.3 is 14.8 Å². The van der Waals surface area contributed by atoms with Crippen molar-refractivity contribution in [2.24, 2.45) is 0 Å². The minimum absolute atomic E-state index is 0.252. The highest BCUT2D eigenvalue weighted by Gasteiger charge is 2.10. The summed E-state index contributed by atoms with van der Waals surface area (Å²) in [5.41, 5.74) is 1.44. The summed E-state index contributed by atoms with van der Waals surface area (Å²) in [7, 11) is 2.98. The number of hydrogen-bond acceptors (Lipinski definition) is 6. The van der Waals surface area contributed by atoms with Crippen LogP contribution >= 0.6 is 0 Å². The normalized spacial score (nSPS) is 10.1. The fraction of sp³-hybridized carbons (Fsp3) is 0.312. The molecule has 1 aromatic heterocycles. The molecule has 0 aliphatic heterocycles. The van der Waals surface area contributed by atoms with E-state index in [1.807, 2.05) is 24.3 Å². The smallest absolute Gasteiger partial charge is 0.356 e. The van der Waals surface area contributed by atoms with E-state index in [2.05, 4.69) is 20.0 Å². The Morgan fingerprint density at radius 3 is 2.55 bits per heavy atom. The van der Waals surface area contributed by atoms with Crippen LogP contribution in [0.25, 0.3) is 0 Å². The summed E-state index contributed by atoms with van der Waals surface area (Å²) < 4.78 is 9.80. The first-order chi connectivity index (χ1) is 10.6. The Balaban J connectivity index is 1.96. The summed E-state index contributed by atoms with van der Waals surface area (Å²) in [5, 5.41) is 3.19. The Hall–Kier alpha value is -2.63. The molecule has 0 unspecified atom stereocenters. The maximum Gasteiger partial charge on any atom is 0.356 e. The molecular weight excluding hydrogens is 282 g/mol. The second kappa shape index (κ2) is 7.40. The Morgan fingerprint density at radius 2 is 1.91 bits per heavy atom. The zero-order valence-electron chi connectivity index (χ0n) is 12.9. The van der Waals surface area contributed by atoms with Gasteiger partial charge in [0, 0.05) is 12.6 Å². The zero-order valence-corrected chi connectivity index (χ0v) is 12.9. The van der Waals surface area contributed by atoms with Gasteiger partial charge in [0.2, 0.25) is 0 Å². The van der Waals surface area contributed by atoms with Gasteiger partial charge in [-0.2, -0.15) is 0 Å². The molecule has 0 atom stereocenters. The van der Waals surface area contributed by atoms with Crippen LogP contribution < -0.4 is 10.1 Å². The van der Waals surface area contributed by atoms with Gasteiger partial charge in [-0.15, -0.1) is 0 Å². The maximum atomic E-state index is 11.5. The lowest BCUT2D eigenvalue weighted by atomic mass is 10.1. The van der Waals surface area contributed by atoms with E-state index in [1.54, 1.807) is 20.1 Å². The van der Waals surface area contributed by atoms with Crippen LogP contribution in [0.2, 0.25) is 0 Å². The SMILES string of the molecule is COC(=O)c1cc(NCCc2ccc(OC)cc2)nc(C)n1. The van der Waals surface area contributed by atoms with Gasteiger partial charge in [-0.3, -0.25) is 0 Å². The Bertz CT molecular complexity index is 642. The van der Waals surface area contributed by atoms with Crippen molar-refractivity contribution in [3.63, 3.8) is 0 Å². The van der Waals surface area contributed by atoms with Gasteiger partial charge in [-0.25, -0.2) is 14.8 Å². The number of methoxy groups -OCH3 is 2. The molecule has 0 aliphatic rings. The lowest BCUT2D eigenvalue weighted by Crippen LogP contribution is -2.11. The van der Waals surface area contributed by atoms with Crippen LogP contribution in [0.4, 0.5) is 5.82 Å². The van der Waals surface area contributed by atoms with Gasteiger partial charge in [0.25, 0.3) is 0 Å². The first kappa shape index (κ1) is 15.8. The summed E-state index contributed by atoms with van der Waals surface area (Å²) in [6, 6.07) is 9.49. The van der Waals surface area contributed by atoms with Crippen LogP contribution in [0.3, 0.4) is 0 Å². The number of carbonyl (C=O) groups is 1. The number of benzene rings is 1. The quantitative estimate of drug-likeness (QED) is 0.825. The predicted molar refractivity (Wildman–Crippen MR) is 83.3 cm³/mol. The summed E-state index contributed by atoms with van der Waals surface area (Å²) in [4.78, 5) is 19.8. The fourth-order valence-corrected chi connectivity index (χ4v) is 1.99. The lowest BCUT2D eigenvalue weighted by Gasteiger charge is -2.08. The molecule has 0 radical (unpaired) electrons. The molecular formula is C16H19N3O3. The molecule has 0 bridgehead atoms. The number of hydrogen-bond donors (Lipinski definition) is 1. The minimum Gasteiger partial charge on any atom is -0.497 e. The highest BCUT2D eigenvalue weighted by atomic mass is 16.5. The fourth-order valence-electron chi connectivity index (χ4n) is 1.99. The molecule has 0 fully saturated rings. The number of nitrogens with zero attached hydrogens (tertiary/aromatic N) is 2. The molecule has 0 amide bonds. The monoisotopic (exact) mass is 301 g/mol. The average molecular weight is 301 g/mol. The molecule has 1 aromatic carbocycles. The van der Waals surface area contributed by atoms with Gasteiger partial charge >= 0.3 is 5.97 Å². The number of aryl methyl sites for hydroxylation is 1. The van der Waals surface area contributed by atoms with E-state index < -0.39 is 5.97 Å². The van der Waals surface area contributed by atoms with Crippen LogP contribution in [0, 0.1) is 6.92 Å². The molecule has 0 saturated heterocycles. The van der Waals surface area contributed by atoms with Crippen molar-refractivity contribution in [3.05, 3.63) is 47.4 Å². The average Bonchev–Trinajstić information content (AvgIpc) is 2.54. The summed E-state index contributed by atoms with van der Waals surface area (Å²) >= 11 is 0. The second-order valence-electron chi connectivity index (χ2n) is 4.70. The van der Waals surface area contributed by atoms with Crippen molar-refractivity contribution in [3.8, 4) is 5.75 Å². The highest BCUT2D eigenvalue weighted by Crippen LogP contribution is 2.12. The molecule has 2 rings (SSSR count). The molecule has 1 N–H and O–H groups in total. The predicted octanol–water partition coefficient (Wildman–Crippen LogP) is 2.23. The van der Waals surface area contributed by atoms with E-state index >= 15 is 0 Å². The first-order valence-corrected chi connectivity index (χ1v) is 6.93. The van der Waals surface area contributed by atoms with Crippen molar-refractivity contribution >= 4 is 11.8 Å². The van der Waals surface area contributed by atoms with E-state index in [-0.39, 0.29) is 5.69 Å². The number of ether oxygens (including phenoxy) is 2. The third-order valence-electron chi connectivity index (χ3n) is 3.11. The van der Waals surface area contributed by atoms with E-state index in [0.717, 1.165) is 12.2 Å². The molecule has 6 nitrogen and oxygen atoms in total.